The van der Waals surface area contributed by atoms with Gasteiger partial charge in [-0.1, -0.05) is 18.2 Å². The molecular weight excluding hydrogens is 268 g/mol. The van der Waals surface area contributed by atoms with Crippen LogP contribution in [-0.2, 0) is 6.42 Å². The molecule has 0 unspecified atom stereocenters. The molecule has 0 atom stereocenters. The molecule has 4 N–H and O–H groups in total. The Morgan fingerprint density at radius 3 is 3.00 bits per heavy atom. The highest BCUT2D eigenvalue weighted by Gasteiger charge is 2.11. The van der Waals surface area contributed by atoms with Gasteiger partial charge in [-0.3, -0.25) is 9.89 Å². The number of rotatable bonds is 4. The molecule has 1 amide bonds. The fourth-order valence-corrected chi connectivity index (χ4v) is 2.12. The van der Waals surface area contributed by atoms with Crippen LogP contribution in [0.4, 0.5) is 5.82 Å². The molecular formula is C14H14N6O. The van der Waals surface area contributed by atoms with Crippen molar-refractivity contribution in [3.8, 4) is 0 Å². The summed E-state index contributed by atoms with van der Waals surface area (Å²) in [4.78, 5) is 20.5. The number of benzene rings is 1. The molecule has 7 heteroatoms. The van der Waals surface area contributed by atoms with Gasteiger partial charge >= 0.3 is 0 Å². The van der Waals surface area contributed by atoms with E-state index in [1.807, 2.05) is 24.3 Å². The van der Waals surface area contributed by atoms with Crippen LogP contribution < -0.4 is 11.1 Å². The number of nitrogen functional groups attached to an aromatic ring is 1. The molecule has 0 bridgehead atoms. The van der Waals surface area contributed by atoms with Gasteiger partial charge in [0.05, 0.1) is 11.1 Å². The molecule has 3 rings (SSSR count). The first-order valence-corrected chi connectivity index (χ1v) is 6.52. The van der Waals surface area contributed by atoms with E-state index in [9.17, 15) is 4.79 Å². The average Bonchev–Trinajstić information content (AvgIpc) is 2.99. The Hall–Kier alpha value is -2.96. The fourth-order valence-electron chi connectivity index (χ4n) is 2.12. The number of amides is 1. The molecule has 2 heterocycles. The number of para-hydroxylation sites is 1. The van der Waals surface area contributed by atoms with Crippen molar-refractivity contribution in [1.82, 2.24) is 25.5 Å². The molecule has 3 aromatic rings. The summed E-state index contributed by atoms with van der Waals surface area (Å²) in [6.45, 7) is 0.463. The van der Waals surface area contributed by atoms with Gasteiger partial charge in [-0.25, -0.2) is 9.97 Å². The first-order chi connectivity index (χ1) is 10.2. The monoisotopic (exact) mass is 282 g/mol. The van der Waals surface area contributed by atoms with Crippen LogP contribution in [0.2, 0.25) is 0 Å². The normalized spacial score (nSPS) is 10.7. The van der Waals surface area contributed by atoms with Gasteiger partial charge in [0, 0.05) is 18.4 Å². The third-order valence-electron chi connectivity index (χ3n) is 3.09. The Balaban J connectivity index is 1.78. The van der Waals surface area contributed by atoms with E-state index in [4.69, 9.17) is 5.73 Å². The summed E-state index contributed by atoms with van der Waals surface area (Å²) in [7, 11) is 0. The minimum atomic E-state index is -0.181. The molecule has 0 spiro atoms. The molecule has 7 nitrogen and oxygen atoms in total. The number of aromatic nitrogens is 4. The van der Waals surface area contributed by atoms with Gasteiger partial charge in [-0.05, 0) is 12.1 Å². The zero-order chi connectivity index (χ0) is 14.7. The number of nitrogens with zero attached hydrogens (tertiary/aromatic N) is 3. The molecule has 0 aliphatic carbocycles. The lowest BCUT2D eigenvalue weighted by Gasteiger charge is -2.08. The Labute approximate surface area is 120 Å². The van der Waals surface area contributed by atoms with Gasteiger partial charge < -0.3 is 11.1 Å². The van der Waals surface area contributed by atoms with Gasteiger partial charge in [0.2, 0.25) is 0 Å². The third kappa shape index (κ3) is 2.81. The van der Waals surface area contributed by atoms with Crippen LogP contribution in [0.1, 0.15) is 16.2 Å². The van der Waals surface area contributed by atoms with Gasteiger partial charge in [0.1, 0.15) is 18.0 Å². The van der Waals surface area contributed by atoms with E-state index in [0.29, 0.717) is 29.9 Å². The second kappa shape index (κ2) is 5.58. The summed E-state index contributed by atoms with van der Waals surface area (Å²) in [5, 5.41) is 10.1. The van der Waals surface area contributed by atoms with Crippen molar-refractivity contribution >= 4 is 22.6 Å². The molecule has 0 saturated carbocycles. The SMILES string of the molecule is Nc1cc(C(=O)NCCc2ncn[nH]2)c2ccccc2n1. The summed E-state index contributed by atoms with van der Waals surface area (Å²) < 4.78 is 0. The molecule has 0 aliphatic rings. The Morgan fingerprint density at radius 2 is 2.19 bits per heavy atom. The lowest BCUT2D eigenvalue weighted by atomic mass is 10.1. The number of carbonyl (C=O) groups is 1. The first-order valence-electron chi connectivity index (χ1n) is 6.52. The van der Waals surface area contributed by atoms with Crippen molar-refractivity contribution in [2.45, 2.75) is 6.42 Å². The topological polar surface area (TPSA) is 110 Å². The fraction of sp³-hybridized carbons (Fsp3) is 0.143. The lowest BCUT2D eigenvalue weighted by molar-refractivity contribution is 0.0955. The maximum absolute atomic E-state index is 12.3. The number of carbonyl (C=O) groups excluding carboxylic acids is 1. The van der Waals surface area contributed by atoms with E-state index in [2.05, 4.69) is 25.5 Å². The Kier molecular flexibility index (Phi) is 3.46. The second-order valence-electron chi connectivity index (χ2n) is 4.55. The molecule has 0 saturated heterocycles. The highest BCUT2D eigenvalue weighted by molar-refractivity contribution is 6.06. The van der Waals surface area contributed by atoms with Crippen LogP contribution in [0.3, 0.4) is 0 Å². The van der Waals surface area contributed by atoms with Crippen molar-refractivity contribution < 1.29 is 4.79 Å². The maximum atomic E-state index is 12.3. The summed E-state index contributed by atoms with van der Waals surface area (Å²) in [5.41, 5.74) is 6.98. The van der Waals surface area contributed by atoms with Crippen molar-refractivity contribution in [2.75, 3.05) is 12.3 Å². The number of hydrogen-bond acceptors (Lipinski definition) is 5. The van der Waals surface area contributed by atoms with Crippen LogP contribution in [0.25, 0.3) is 10.9 Å². The molecule has 0 fully saturated rings. The van der Waals surface area contributed by atoms with E-state index in [0.717, 1.165) is 11.2 Å². The van der Waals surface area contributed by atoms with Crippen LogP contribution >= 0.6 is 0 Å². The van der Waals surface area contributed by atoms with Crippen molar-refractivity contribution in [3.63, 3.8) is 0 Å². The van der Waals surface area contributed by atoms with E-state index in [-0.39, 0.29) is 5.91 Å². The maximum Gasteiger partial charge on any atom is 0.252 e. The van der Waals surface area contributed by atoms with Gasteiger partial charge in [0.15, 0.2) is 0 Å². The van der Waals surface area contributed by atoms with Gasteiger partial charge in [-0.2, -0.15) is 5.10 Å². The standard InChI is InChI=1S/C14H14N6O/c15-12-7-10(9-3-1-2-4-11(9)19-12)14(21)16-6-5-13-17-8-18-20-13/h1-4,7-8H,5-6H2,(H2,15,19)(H,16,21)(H,17,18,20). The molecule has 0 radical (unpaired) electrons. The minimum absolute atomic E-state index is 0.181. The highest BCUT2D eigenvalue weighted by Crippen LogP contribution is 2.19. The third-order valence-corrected chi connectivity index (χ3v) is 3.09. The molecule has 106 valence electrons. The smallest absolute Gasteiger partial charge is 0.252 e. The average molecular weight is 282 g/mol. The molecule has 2 aromatic heterocycles. The largest absolute Gasteiger partial charge is 0.384 e. The summed E-state index contributed by atoms with van der Waals surface area (Å²) in [6, 6.07) is 9.00. The van der Waals surface area contributed by atoms with Gasteiger partial charge in [0.25, 0.3) is 5.91 Å². The number of nitrogens with two attached hydrogens (primary N) is 1. The van der Waals surface area contributed by atoms with Crippen molar-refractivity contribution in [2.24, 2.45) is 0 Å². The summed E-state index contributed by atoms with van der Waals surface area (Å²) in [6.07, 6.45) is 2.03. The van der Waals surface area contributed by atoms with Crippen LogP contribution in [0.5, 0.6) is 0 Å². The summed E-state index contributed by atoms with van der Waals surface area (Å²) >= 11 is 0. The van der Waals surface area contributed by atoms with Gasteiger partial charge in [-0.15, -0.1) is 0 Å². The van der Waals surface area contributed by atoms with Crippen molar-refractivity contribution in [1.29, 1.82) is 0 Å². The number of anilines is 1. The van der Waals surface area contributed by atoms with Crippen LogP contribution in [-0.4, -0.2) is 32.6 Å². The lowest BCUT2D eigenvalue weighted by Crippen LogP contribution is -2.26. The molecule has 0 aliphatic heterocycles. The predicted molar refractivity (Wildman–Crippen MR) is 78.6 cm³/mol. The predicted octanol–water partition coefficient (Wildman–Crippen LogP) is 0.908. The minimum Gasteiger partial charge on any atom is -0.384 e. The number of H-pyrrole nitrogens is 1. The number of nitrogens with one attached hydrogen (secondary N) is 2. The molecule has 1 aromatic carbocycles. The van der Waals surface area contributed by atoms with Crippen LogP contribution in [0.15, 0.2) is 36.7 Å². The van der Waals surface area contributed by atoms with E-state index in [1.165, 1.54) is 6.33 Å². The van der Waals surface area contributed by atoms with Crippen molar-refractivity contribution in [3.05, 3.63) is 48.0 Å². The number of fused-ring (bicyclic) bond motifs is 1. The first kappa shape index (κ1) is 13.0. The highest BCUT2D eigenvalue weighted by atomic mass is 16.1. The van der Waals surface area contributed by atoms with E-state index < -0.39 is 0 Å². The van der Waals surface area contributed by atoms with E-state index in [1.54, 1.807) is 6.07 Å². The quantitative estimate of drug-likeness (QED) is 0.659. The van der Waals surface area contributed by atoms with Crippen LogP contribution in [0, 0.1) is 0 Å². The second-order valence-corrected chi connectivity index (χ2v) is 4.55. The zero-order valence-corrected chi connectivity index (χ0v) is 11.2. The summed E-state index contributed by atoms with van der Waals surface area (Å²) in [5.74, 6) is 0.878. The number of hydrogen-bond donors (Lipinski definition) is 3. The van der Waals surface area contributed by atoms with E-state index >= 15 is 0 Å². The Bertz CT molecular complexity index is 768. The molecule has 21 heavy (non-hydrogen) atoms. The Morgan fingerprint density at radius 1 is 1.33 bits per heavy atom. The number of aromatic amines is 1. The zero-order valence-electron chi connectivity index (χ0n) is 11.2. The number of pyridine rings is 1.